The van der Waals surface area contributed by atoms with Crippen molar-refractivity contribution in [2.24, 2.45) is 0 Å². The SMILES string of the molecule is CCCCCCC(C)(CC)OP(=O)(O)OC(C)(C)CCOC(C)(C)P(=O)(O)OC(C)(C)CC(C)(C)S. The summed E-state index contributed by atoms with van der Waals surface area (Å²) in [6.07, 6.45) is 6.08. The molecule has 36 heavy (non-hydrogen) atoms. The average molecular weight is 577 g/mol. The van der Waals surface area contributed by atoms with E-state index in [1.165, 1.54) is 13.8 Å². The zero-order valence-corrected chi connectivity index (χ0v) is 27.2. The van der Waals surface area contributed by atoms with Crippen LogP contribution < -0.4 is 0 Å². The fourth-order valence-corrected chi connectivity index (χ4v) is 7.13. The first-order valence-corrected chi connectivity index (χ1v) is 16.6. The van der Waals surface area contributed by atoms with Crippen molar-refractivity contribution < 1.29 is 37.2 Å². The quantitative estimate of drug-likeness (QED) is 0.0800. The largest absolute Gasteiger partial charge is 0.473 e. The van der Waals surface area contributed by atoms with Crippen molar-refractivity contribution in [1.82, 2.24) is 0 Å². The molecule has 0 fully saturated rings. The van der Waals surface area contributed by atoms with Gasteiger partial charge < -0.3 is 19.0 Å². The highest BCUT2D eigenvalue weighted by Crippen LogP contribution is 2.59. The van der Waals surface area contributed by atoms with Crippen LogP contribution in [0.3, 0.4) is 0 Å². The summed E-state index contributed by atoms with van der Waals surface area (Å²) in [5.41, 5.74) is -2.74. The van der Waals surface area contributed by atoms with E-state index < -0.39 is 37.6 Å². The van der Waals surface area contributed by atoms with Crippen LogP contribution in [-0.2, 0) is 27.4 Å². The van der Waals surface area contributed by atoms with Crippen LogP contribution in [0.15, 0.2) is 0 Å². The lowest BCUT2D eigenvalue weighted by Crippen LogP contribution is -2.36. The average Bonchev–Trinajstić information content (AvgIpc) is 2.60. The molecule has 0 aliphatic rings. The van der Waals surface area contributed by atoms with Crippen LogP contribution in [0.4, 0.5) is 0 Å². The molecular weight excluding hydrogens is 522 g/mol. The number of hydrogen-bond acceptors (Lipinski definition) is 7. The van der Waals surface area contributed by atoms with Crippen molar-refractivity contribution >= 4 is 28.0 Å². The maximum Gasteiger partial charge on any atom is 0.473 e. The molecule has 11 heteroatoms. The first-order chi connectivity index (χ1) is 15.9. The van der Waals surface area contributed by atoms with Crippen LogP contribution >= 0.6 is 28.0 Å². The van der Waals surface area contributed by atoms with Crippen LogP contribution in [-0.4, -0.2) is 43.3 Å². The molecular formula is C25H54O8P2S. The van der Waals surface area contributed by atoms with Crippen molar-refractivity contribution in [2.45, 2.75) is 154 Å². The van der Waals surface area contributed by atoms with Crippen LogP contribution in [0.25, 0.3) is 0 Å². The summed E-state index contributed by atoms with van der Waals surface area (Å²) >= 11 is 4.50. The third kappa shape index (κ3) is 14.6. The van der Waals surface area contributed by atoms with Gasteiger partial charge in [-0.2, -0.15) is 12.6 Å². The number of ether oxygens (including phenoxy) is 1. The molecule has 0 radical (unpaired) electrons. The van der Waals surface area contributed by atoms with Gasteiger partial charge in [-0.1, -0.05) is 53.4 Å². The van der Waals surface area contributed by atoms with Crippen molar-refractivity contribution in [1.29, 1.82) is 0 Å². The molecule has 3 unspecified atom stereocenters. The molecule has 0 aromatic carbocycles. The summed E-state index contributed by atoms with van der Waals surface area (Å²) in [4.78, 5) is 21.2. The number of phosphoric ester groups is 1. The van der Waals surface area contributed by atoms with E-state index in [4.69, 9.17) is 18.3 Å². The highest BCUT2D eigenvalue weighted by Gasteiger charge is 2.47. The maximum absolute atomic E-state index is 13.1. The van der Waals surface area contributed by atoms with Crippen LogP contribution in [0, 0.1) is 0 Å². The molecule has 2 N–H and O–H groups in total. The summed E-state index contributed by atoms with van der Waals surface area (Å²) in [5, 5.41) is -1.50. The van der Waals surface area contributed by atoms with Gasteiger partial charge in [-0.15, -0.1) is 0 Å². The van der Waals surface area contributed by atoms with E-state index >= 15 is 0 Å². The number of phosphoric acid groups is 1. The highest BCUT2D eigenvalue weighted by molar-refractivity contribution is 7.81. The summed E-state index contributed by atoms with van der Waals surface area (Å²) in [7, 11) is -8.56. The molecule has 0 saturated carbocycles. The Morgan fingerprint density at radius 3 is 1.78 bits per heavy atom. The summed E-state index contributed by atoms with van der Waals surface area (Å²) in [6, 6.07) is 0. The van der Waals surface area contributed by atoms with Gasteiger partial charge in [-0.25, -0.2) is 4.57 Å². The molecule has 3 atom stereocenters. The van der Waals surface area contributed by atoms with E-state index in [9.17, 15) is 18.9 Å². The normalized spacial score (nSPS) is 18.9. The third-order valence-electron chi connectivity index (χ3n) is 6.07. The van der Waals surface area contributed by atoms with Gasteiger partial charge >= 0.3 is 15.4 Å². The Morgan fingerprint density at radius 2 is 1.31 bits per heavy atom. The molecule has 0 aliphatic carbocycles. The van der Waals surface area contributed by atoms with E-state index in [-0.39, 0.29) is 17.8 Å². The molecule has 0 rings (SSSR count). The zero-order chi connectivity index (χ0) is 28.7. The highest BCUT2D eigenvalue weighted by atomic mass is 32.1. The molecule has 0 spiro atoms. The molecule has 0 heterocycles. The predicted molar refractivity (Wildman–Crippen MR) is 151 cm³/mol. The van der Waals surface area contributed by atoms with E-state index in [1.54, 1.807) is 27.7 Å². The van der Waals surface area contributed by atoms with Gasteiger partial charge in [0.05, 0.1) is 23.4 Å². The van der Waals surface area contributed by atoms with Gasteiger partial charge in [0, 0.05) is 4.75 Å². The minimum absolute atomic E-state index is 0.00840. The molecule has 0 amide bonds. The van der Waals surface area contributed by atoms with Crippen LogP contribution in [0.5, 0.6) is 0 Å². The molecule has 8 nitrogen and oxygen atoms in total. The summed E-state index contributed by atoms with van der Waals surface area (Å²) in [5.74, 6) is 0. The van der Waals surface area contributed by atoms with Crippen molar-refractivity contribution in [2.75, 3.05) is 6.61 Å². The van der Waals surface area contributed by atoms with Crippen LogP contribution in [0.2, 0.25) is 0 Å². The third-order valence-corrected chi connectivity index (χ3v) is 9.86. The standard InChI is InChI=1S/C25H54O8P2S/c1-12-14-15-16-17-25(11,13-2)33-35(28,29)32-21(3,4)18-19-30-24(9,10)34(26,27)31-22(5,6)20-23(7,8)36/h36H,12-20H2,1-11H3,(H,26,27)(H,28,29). The second-order valence-electron chi connectivity index (χ2n) is 12.4. The summed E-state index contributed by atoms with van der Waals surface area (Å²) in [6.45, 7) is 19.5. The Hall–Kier alpha value is 0.570. The smallest absolute Gasteiger partial charge is 0.363 e. The van der Waals surface area contributed by atoms with E-state index in [0.29, 0.717) is 19.3 Å². The Labute approximate surface area is 226 Å². The van der Waals surface area contributed by atoms with Crippen molar-refractivity contribution in [3.63, 3.8) is 0 Å². The fourth-order valence-electron chi connectivity index (χ4n) is 4.01. The zero-order valence-electron chi connectivity index (χ0n) is 24.5. The monoisotopic (exact) mass is 576 g/mol. The lowest BCUT2D eigenvalue weighted by molar-refractivity contribution is -0.0432. The number of hydrogen-bond donors (Lipinski definition) is 3. The minimum Gasteiger partial charge on any atom is -0.363 e. The second-order valence-corrected chi connectivity index (χ2v) is 17.2. The van der Waals surface area contributed by atoms with Gasteiger partial charge in [-0.05, 0) is 74.1 Å². The van der Waals surface area contributed by atoms with Gasteiger partial charge in [0.1, 0.15) is 0 Å². The number of rotatable bonds is 19. The summed E-state index contributed by atoms with van der Waals surface area (Å²) < 4.78 is 48.1. The molecule has 0 aliphatic heterocycles. The minimum atomic E-state index is -4.36. The molecule has 0 aromatic rings. The van der Waals surface area contributed by atoms with Crippen molar-refractivity contribution in [3.05, 3.63) is 0 Å². The topological polar surface area (TPSA) is 112 Å². The number of unbranched alkanes of at least 4 members (excludes halogenated alkanes) is 3. The predicted octanol–water partition coefficient (Wildman–Crippen LogP) is 8.26. The Bertz CT molecular complexity index is 764. The molecule has 0 aromatic heterocycles. The van der Waals surface area contributed by atoms with Gasteiger partial charge in [0.15, 0.2) is 5.34 Å². The van der Waals surface area contributed by atoms with Crippen molar-refractivity contribution in [3.8, 4) is 0 Å². The number of thiol groups is 1. The van der Waals surface area contributed by atoms with Gasteiger partial charge in [-0.3, -0.25) is 13.6 Å². The fraction of sp³-hybridized carbons (Fsp3) is 1.00. The lowest BCUT2D eigenvalue weighted by Gasteiger charge is -2.38. The molecule has 0 bridgehead atoms. The Morgan fingerprint density at radius 1 is 0.750 bits per heavy atom. The van der Waals surface area contributed by atoms with Crippen LogP contribution in [0.1, 0.15) is 128 Å². The first kappa shape index (κ1) is 36.6. The first-order valence-electron chi connectivity index (χ1n) is 13.0. The van der Waals surface area contributed by atoms with Gasteiger partial charge in [0.25, 0.3) is 0 Å². The van der Waals surface area contributed by atoms with E-state index in [0.717, 1.165) is 25.7 Å². The Kier molecular flexibility index (Phi) is 14.0. The lowest BCUT2D eigenvalue weighted by atomic mass is 9.95. The second kappa shape index (κ2) is 13.8. The van der Waals surface area contributed by atoms with E-state index in [2.05, 4.69) is 19.6 Å². The molecule has 218 valence electrons. The van der Waals surface area contributed by atoms with Gasteiger partial charge in [0.2, 0.25) is 0 Å². The Balaban J connectivity index is 5.07. The van der Waals surface area contributed by atoms with E-state index in [1.807, 2.05) is 27.7 Å². The molecule has 0 saturated heterocycles. The maximum atomic E-state index is 13.1.